The molecule has 2 N–H and O–H groups in total. The summed E-state index contributed by atoms with van der Waals surface area (Å²) < 4.78 is 5.18. The first-order valence-electron chi connectivity index (χ1n) is 10.7. The number of halogens is 1. The smallest absolute Gasteiger partial charge is 0.236 e. The van der Waals surface area contributed by atoms with Gasteiger partial charge in [-0.3, -0.25) is 9.59 Å². The Bertz CT molecular complexity index is 1290. The van der Waals surface area contributed by atoms with Crippen LogP contribution in [0.5, 0.6) is 5.75 Å². The largest absolute Gasteiger partial charge is 0.497 e. The van der Waals surface area contributed by atoms with Crippen molar-refractivity contribution in [1.29, 1.82) is 0 Å². The van der Waals surface area contributed by atoms with Gasteiger partial charge in [-0.1, -0.05) is 23.7 Å². The average Bonchev–Trinajstić information content (AvgIpc) is 3.33. The molecule has 2 amide bonds. The van der Waals surface area contributed by atoms with Gasteiger partial charge in [-0.2, -0.15) is 0 Å². The molecule has 178 valence electrons. The van der Waals surface area contributed by atoms with Crippen LogP contribution in [-0.2, 0) is 16.0 Å². The average molecular weight is 524 g/mol. The third-order valence-electron chi connectivity index (χ3n) is 4.92. The number of hydrogen-bond acceptors (Lipinski definition) is 6. The van der Waals surface area contributed by atoms with Crippen LogP contribution in [-0.4, -0.2) is 29.7 Å². The van der Waals surface area contributed by atoms with Gasteiger partial charge >= 0.3 is 0 Å². The highest BCUT2D eigenvalue weighted by Crippen LogP contribution is 2.27. The lowest BCUT2D eigenvalue weighted by atomic mass is 10.1. The normalized spacial score (nSPS) is 10.6. The second kappa shape index (κ2) is 11.9. The fourth-order valence-corrected chi connectivity index (χ4v) is 4.72. The highest BCUT2D eigenvalue weighted by atomic mass is 35.5. The Morgan fingerprint density at radius 2 is 1.66 bits per heavy atom. The van der Waals surface area contributed by atoms with E-state index in [1.54, 1.807) is 19.2 Å². The molecule has 0 fully saturated rings. The quantitative estimate of drug-likeness (QED) is 0.249. The van der Waals surface area contributed by atoms with Crippen molar-refractivity contribution < 1.29 is 14.3 Å². The van der Waals surface area contributed by atoms with Crippen molar-refractivity contribution in [2.75, 3.05) is 23.5 Å². The number of hydrogen-bond donors (Lipinski definition) is 2. The van der Waals surface area contributed by atoms with Crippen LogP contribution in [0.2, 0.25) is 5.02 Å². The standard InChI is InChI=1S/C26H22ClN3O3S2/c1-33-21-10-4-18(5-11-21)23-15-35-26(29-23)30-25(32)16-34-22-12-8-20(9-13-22)28-24(31)14-17-2-6-19(27)7-3-17/h2-13,15H,14,16H2,1H3,(H,28,31)(H,29,30,32). The summed E-state index contributed by atoms with van der Waals surface area (Å²) in [6.07, 6.45) is 0.269. The molecule has 0 bridgehead atoms. The summed E-state index contributed by atoms with van der Waals surface area (Å²) in [5.41, 5.74) is 3.35. The number of carbonyl (C=O) groups excluding carboxylic acids is 2. The van der Waals surface area contributed by atoms with Gasteiger partial charge < -0.3 is 15.4 Å². The van der Waals surface area contributed by atoms with Crippen molar-refractivity contribution >= 4 is 57.3 Å². The number of aromatic nitrogens is 1. The minimum Gasteiger partial charge on any atom is -0.497 e. The fraction of sp³-hybridized carbons (Fsp3) is 0.115. The summed E-state index contributed by atoms with van der Waals surface area (Å²) in [5, 5.41) is 8.83. The zero-order chi connectivity index (χ0) is 24.6. The molecule has 0 atom stereocenters. The van der Waals surface area contributed by atoms with E-state index in [-0.39, 0.29) is 24.0 Å². The van der Waals surface area contributed by atoms with Crippen LogP contribution < -0.4 is 15.4 Å². The zero-order valence-electron chi connectivity index (χ0n) is 18.8. The number of nitrogens with zero attached hydrogens (tertiary/aromatic N) is 1. The zero-order valence-corrected chi connectivity index (χ0v) is 21.2. The highest BCUT2D eigenvalue weighted by Gasteiger charge is 2.10. The van der Waals surface area contributed by atoms with Crippen molar-refractivity contribution in [3.05, 3.63) is 88.8 Å². The summed E-state index contributed by atoms with van der Waals surface area (Å²) in [6.45, 7) is 0. The fourth-order valence-electron chi connectivity index (χ4n) is 3.16. The van der Waals surface area contributed by atoms with Crippen molar-refractivity contribution in [3.63, 3.8) is 0 Å². The molecule has 0 unspecified atom stereocenters. The van der Waals surface area contributed by atoms with Gasteiger partial charge in [0.05, 0.1) is 25.0 Å². The minimum atomic E-state index is -0.133. The molecule has 1 heterocycles. The van der Waals surface area contributed by atoms with Gasteiger partial charge in [0.1, 0.15) is 5.75 Å². The maximum Gasteiger partial charge on any atom is 0.236 e. The van der Waals surface area contributed by atoms with E-state index in [1.165, 1.54) is 23.1 Å². The topological polar surface area (TPSA) is 80.3 Å². The van der Waals surface area contributed by atoms with Gasteiger partial charge in [-0.05, 0) is 66.2 Å². The molecule has 0 saturated heterocycles. The molecule has 9 heteroatoms. The van der Waals surface area contributed by atoms with E-state index in [1.807, 2.05) is 66.0 Å². The molecule has 0 saturated carbocycles. The lowest BCUT2D eigenvalue weighted by Gasteiger charge is -2.07. The Labute approximate surface area is 216 Å². The lowest BCUT2D eigenvalue weighted by molar-refractivity contribution is -0.115. The van der Waals surface area contributed by atoms with Crippen LogP contribution in [0.4, 0.5) is 10.8 Å². The number of methoxy groups -OCH3 is 1. The Kier molecular flexibility index (Phi) is 8.41. The molecular formula is C26H22ClN3O3S2. The molecule has 1 aromatic heterocycles. The molecular weight excluding hydrogens is 502 g/mol. The van der Waals surface area contributed by atoms with Crippen molar-refractivity contribution in [2.45, 2.75) is 11.3 Å². The SMILES string of the molecule is COc1ccc(-c2csc(NC(=O)CSc3ccc(NC(=O)Cc4ccc(Cl)cc4)cc3)n2)cc1. The first-order chi connectivity index (χ1) is 17.0. The second-order valence-electron chi connectivity index (χ2n) is 7.48. The molecule has 6 nitrogen and oxygen atoms in total. The van der Waals surface area contributed by atoms with Gasteiger partial charge in [0.25, 0.3) is 0 Å². The van der Waals surface area contributed by atoms with Gasteiger partial charge in [-0.25, -0.2) is 4.98 Å². The molecule has 35 heavy (non-hydrogen) atoms. The van der Waals surface area contributed by atoms with Crippen LogP contribution in [0.1, 0.15) is 5.56 Å². The van der Waals surface area contributed by atoms with Crippen molar-refractivity contribution in [2.24, 2.45) is 0 Å². The summed E-state index contributed by atoms with van der Waals surface area (Å²) in [6, 6.07) is 22.2. The number of benzene rings is 3. The summed E-state index contributed by atoms with van der Waals surface area (Å²) in [4.78, 5) is 30.0. The van der Waals surface area contributed by atoms with Crippen LogP contribution in [0.25, 0.3) is 11.3 Å². The van der Waals surface area contributed by atoms with Gasteiger partial charge in [0.2, 0.25) is 11.8 Å². The second-order valence-corrected chi connectivity index (χ2v) is 9.82. The van der Waals surface area contributed by atoms with E-state index in [0.29, 0.717) is 15.8 Å². The van der Waals surface area contributed by atoms with Gasteiger partial charge in [0.15, 0.2) is 5.13 Å². The Morgan fingerprint density at radius 3 is 2.34 bits per heavy atom. The lowest BCUT2D eigenvalue weighted by Crippen LogP contribution is -2.14. The van der Waals surface area contributed by atoms with E-state index >= 15 is 0 Å². The highest BCUT2D eigenvalue weighted by molar-refractivity contribution is 8.00. The number of thiazole rings is 1. The van der Waals surface area contributed by atoms with Crippen LogP contribution in [0.15, 0.2) is 83.1 Å². The predicted octanol–water partition coefficient (Wildman–Crippen LogP) is 6.38. The number of amides is 2. The van der Waals surface area contributed by atoms with E-state index in [0.717, 1.165) is 27.5 Å². The maximum atomic E-state index is 12.4. The number of thioether (sulfide) groups is 1. The summed E-state index contributed by atoms with van der Waals surface area (Å²) >= 11 is 8.67. The predicted molar refractivity (Wildman–Crippen MR) is 144 cm³/mol. The third-order valence-corrected chi connectivity index (χ3v) is 6.94. The molecule has 0 aliphatic carbocycles. The molecule has 0 aliphatic heterocycles. The number of carbonyl (C=O) groups is 2. The molecule has 0 radical (unpaired) electrons. The van der Waals surface area contributed by atoms with Crippen molar-refractivity contribution in [1.82, 2.24) is 4.98 Å². The monoisotopic (exact) mass is 523 g/mol. The van der Waals surface area contributed by atoms with E-state index in [4.69, 9.17) is 16.3 Å². The first kappa shape index (κ1) is 24.8. The number of anilines is 2. The van der Waals surface area contributed by atoms with E-state index in [9.17, 15) is 9.59 Å². The molecule has 0 spiro atoms. The maximum absolute atomic E-state index is 12.4. The first-order valence-corrected chi connectivity index (χ1v) is 12.9. The minimum absolute atomic E-state index is 0.107. The number of nitrogens with one attached hydrogen (secondary N) is 2. The number of ether oxygens (including phenoxy) is 1. The summed E-state index contributed by atoms with van der Waals surface area (Å²) in [5.74, 6) is 0.790. The van der Waals surface area contributed by atoms with E-state index < -0.39 is 0 Å². The molecule has 4 rings (SSSR count). The Balaban J connectivity index is 1.23. The molecule has 3 aromatic carbocycles. The van der Waals surface area contributed by atoms with E-state index in [2.05, 4.69) is 15.6 Å². The number of rotatable bonds is 9. The third kappa shape index (κ3) is 7.32. The van der Waals surface area contributed by atoms with Gasteiger partial charge in [0, 0.05) is 26.5 Å². The van der Waals surface area contributed by atoms with Gasteiger partial charge in [-0.15, -0.1) is 23.1 Å². The van der Waals surface area contributed by atoms with Crippen LogP contribution >= 0.6 is 34.7 Å². The van der Waals surface area contributed by atoms with Crippen molar-refractivity contribution in [3.8, 4) is 17.0 Å². The van der Waals surface area contributed by atoms with Crippen LogP contribution in [0.3, 0.4) is 0 Å². The Morgan fingerprint density at radius 1 is 0.943 bits per heavy atom. The molecule has 4 aromatic rings. The molecule has 0 aliphatic rings. The summed E-state index contributed by atoms with van der Waals surface area (Å²) in [7, 11) is 1.63. The van der Waals surface area contributed by atoms with Crippen LogP contribution in [0, 0.1) is 0 Å². The Hall–Kier alpha value is -3.33.